The van der Waals surface area contributed by atoms with Crippen LogP contribution in [0.25, 0.3) is 0 Å². The van der Waals surface area contributed by atoms with Crippen LogP contribution in [0.15, 0.2) is 34.9 Å². The second-order valence-electron chi connectivity index (χ2n) is 15.9. The number of aliphatic hydroxyl groups is 1. The van der Waals surface area contributed by atoms with Crippen LogP contribution in [0.1, 0.15) is 118 Å². The van der Waals surface area contributed by atoms with Gasteiger partial charge >= 0.3 is 0 Å². The second kappa shape index (κ2) is 8.57. The third-order valence-corrected chi connectivity index (χ3v) is 13.9. The monoisotopic (exact) mass is 503 g/mol. The highest BCUT2D eigenvalue weighted by molar-refractivity contribution is 5.41. The van der Waals surface area contributed by atoms with Crippen LogP contribution in [-0.4, -0.2) is 22.8 Å². The van der Waals surface area contributed by atoms with Crippen LogP contribution < -0.4 is 5.32 Å². The molecule has 1 spiro atoms. The molecule has 1 saturated heterocycles. The highest BCUT2D eigenvalue weighted by Crippen LogP contribution is 2.66. The van der Waals surface area contributed by atoms with Crippen LogP contribution in [0.2, 0.25) is 0 Å². The molecular weight excluding hydrogens is 450 g/mol. The molecule has 7 rings (SSSR count). The molecule has 37 heavy (non-hydrogen) atoms. The Kier molecular flexibility index (Phi) is 5.82. The maximum atomic E-state index is 11.4. The average Bonchev–Trinajstić information content (AvgIpc) is 3.52. The van der Waals surface area contributed by atoms with Gasteiger partial charge in [-0.2, -0.15) is 0 Å². The summed E-state index contributed by atoms with van der Waals surface area (Å²) in [6.45, 7) is 14.1. The summed E-state index contributed by atoms with van der Waals surface area (Å²) in [4.78, 5) is 0. The Morgan fingerprint density at radius 1 is 1.03 bits per heavy atom. The first-order chi connectivity index (χ1) is 17.6. The second-order valence-corrected chi connectivity index (χ2v) is 15.9. The number of fused-ring (bicyclic) bond motifs is 6. The van der Waals surface area contributed by atoms with Gasteiger partial charge in [0.15, 0.2) is 0 Å². The van der Waals surface area contributed by atoms with Gasteiger partial charge in [-0.25, -0.2) is 0 Å². The predicted molar refractivity (Wildman–Crippen MR) is 153 cm³/mol. The molecule has 0 radical (unpaired) electrons. The van der Waals surface area contributed by atoms with Gasteiger partial charge in [-0.3, -0.25) is 0 Å². The molecule has 0 amide bonds. The van der Waals surface area contributed by atoms with Crippen molar-refractivity contribution in [3.05, 3.63) is 34.9 Å². The first-order valence-corrected chi connectivity index (χ1v) is 16.1. The van der Waals surface area contributed by atoms with Gasteiger partial charge in [0.2, 0.25) is 0 Å². The van der Waals surface area contributed by atoms with Crippen LogP contribution in [-0.2, 0) is 0 Å². The third-order valence-electron chi connectivity index (χ3n) is 13.9. The standard InChI is InChI=1S/C35H53NO/c1-21(2)23-10-13-33(4)19-26(14-22(3)29(33)17-23)30-9-8-27-16-24-15-25-20-35(11-6-7-12-35)31(37)18-28(25)32(24)34(27,5)36-30/h14,23-25,27-28,30-32,36-37H,1,6-13,15-20H2,2-5H3/t23-,24-,25+,27+,28-,30+,31-,32+,33+,34-/m1/s1. The number of piperidine rings is 1. The van der Waals surface area contributed by atoms with E-state index in [0.717, 1.165) is 36.0 Å². The van der Waals surface area contributed by atoms with E-state index in [0.29, 0.717) is 17.4 Å². The topological polar surface area (TPSA) is 32.3 Å². The van der Waals surface area contributed by atoms with E-state index in [1.54, 1.807) is 16.7 Å². The molecule has 1 aliphatic heterocycles. The summed E-state index contributed by atoms with van der Waals surface area (Å²) >= 11 is 0. The van der Waals surface area contributed by atoms with Crippen LogP contribution in [0, 0.1) is 46.3 Å². The van der Waals surface area contributed by atoms with E-state index >= 15 is 0 Å². The minimum Gasteiger partial charge on any atom is -0.393 e. The van der Waals surface area contributed by atoms with Crippen LogP contribution in [0.5, 0.6) is 0 Å². The van der Waals surface area contributed by atoms with Gasteiger partial charge in [0.05, 0.1) is 6.10 Å². The minimum absolute atomic E-state index is 0.0430. The lowest BCUT2D eigenvalue weighted by Gasteiger charge is -2.52. The number of rotatable bonds is 2. The van der Waals surface area contributed by atoms with Crippen molar-refractivity contribution < 1.29 is 5.11 Å². The van der Waals surface area contributed by atoms with Gasteiger partial charge < -0.3 is 10.4 Å². The Balaban J connectivity index is 1.13. The summed E-state index contributed by atoms with van der Waals surface area (Å²) in [5.74, 6) is 4.80. The Morgan fingerprint density at radius 2 is 1.81 bits per heavy atom. The van der Waals surface area contributed by atoms with Crippen LogP contribution in [0.4, 0.5) is 0 Å². The summed E-state index contributed by atoms with van der Waals surface area (Å²) in [7, 11) is 0. The molecule has 0 aromatic rings. The highest BCUT2D eigenvalue weighted by atomic mass is 16.3. The fraction of sp³-hybridized carbons (Fsp3) is 0.829. The lowest BCUT2D eigenvalue weighted by Crippen LogP contribution is -2.61. The molecule has 1 heterocycles. The molecule has 5 saturated carbocycles. The first-order valence-electron chi connectivity index (χ1n) is 16.1. The zero-order chi connectivity index (χ0) is 25.7. The molecule has 0 bridgehead atoms. The van der Waals surface area contributed by atoms with E-state index in [1.807, 2.05) is 0 Å². The van der Waals surface area contributed by atoms with E-state index in [1.165, 1.54) is 89.0 Å². The summed E-state index contributed by atoms with van der Waals surface area (Å²) in [6.07, 6.45) is 21.0. The zero-order valence-corrected chi connectivity index (χ0v) is 24.2. The molecule has 2 heteroatoms. The van der Waals surface area contributed by atoms with Gasteiger partial charge in [0.25, 0.3) is 0 Å². The van der Waals surface area contributed by atoms with Crippen molar-refractivity contribution in [2.24, 2.45) is 46.3 Å². The molecule has 204 valence electrons. The number of hydrogen-bond acceptors (Lipinski definition) is 2. The van der Waals surface area contributed by atoms with Gasteiger partial charge in [0.1, 0.15) is 0 Å². The van der Waals surface area contributed by atoms with Crippen molar-refractivity contribution in [1.29, 1.82) is 0 Å². The summed E-state index contributed by atoms with van der Waals surface area (Å²) in [5.41, 5.74) is 7.25. The van der Waals surface area contributed by atoms with E-state index in [-0.39, 0.29) is 17.1 Å². The SMILES string of the molecule is C=C(C)[C@@H]1CC[C@@]2(C)CC([C@@H]3CC[C@H]4C[C@H]5C[C@H]6CC7(CCCC7)[C@H](O)C[C@H]6[C@H]5[C@]4(C)N3)=CC(C)=C2C1. The van der Waals surface area contributed by atoms with E-state index in [2.05, 4.69) is 45.7 Å². The largest absolute Gasteiger partial charge is 0.393 e. The maximum absolute atomic E-state index is 11.4. The van der Waals surface area contributed by atoms with Crippen LogP contribution in [0.3, 0.4) is 0 Å². The smallest absolute Gasteiger partial charge is 0.0599 e. The van der Waals surface area contributed by atoms with Gasteiger partial charge in [0, 0.05) is 11.6 Å². The highest BCUT2D eigenvalue weighted by Gasteiger charge is 2.64. The number of hydrogen-bond donors (Lipinski definition) is 2. The summed E-state index contributed by atoms with van der Waals surface area (Å²) in [6, 6.07) is 0.543. The molecule has 0 unspecified atom stereocenters. The molecule has 2 N–H and O–H groups in total. The maximum Gasteiger partial charge on any atom is 0.0599 e. The molecule has 6 aliphatic carbocycles. The Hall–Kier alpha value is -0.860. The van der Waals surface area contributed by atoms with Gasteiger partial charge in [-0.1, -0.05) is 54.7 Å². The Morgan fingerprint density at radius 3 is 2.57 bits per heavy atom. The quantitative estimate of drug-likeness (QED) is 0.373. The molecule has 0 aromatic carbocycles. The normalized spacial score (nSPS) is 50.4. The predicted octanol–water partition coefficient (Wildman–Crippen LogP) is 8.13. The lowest BCUT2D eigenvalue weighted by atomic mass is 9.58. The van der Waals surface area contributed by atoms with E-state index in [9.17, 15) is 5.11 Å². The number of nitrogens with one attached hydrogen (secondary N) is 1. The third kappa shape index (κ3) is 3.70. The van der Waals surface area contributed by atoms with Crippen molar-refractivity contribution in [2.45, 2.75) is 135 Å². The fourth-order valence-corrected chi connectivity index (χ4v) is 12.1. The van der Waals surface area contributed by atoms with E-state index < -0.39 is 0 Å². The number of allylic oxidation sites excluding steroid dienone is 4. The van der Waals surface area contributed by atoms with Crippen LogP contribution >= 0.6 is 0 Å². The molecule has 0 aromatic heterocycles. The summed E-state index contributed by atoms with van der Waals surface area (Å²) in [5, 5.41) is 15.9. The van der Waals surface area contributed by atoms with Crippen molar-refractivity contribution in [2.75, 3.05) is 0 Å². The van der Waals surface area contributed by atoms with Crippen molar-refractivity contribution in [1.82, 2.24) is 5.32 Å². The molecule has 10 atom stereocenters. The minimum atomic E-state index is -0.0430. The number of aliphatic hydroxyl groups excluding tert-OH is 1. The fourth-order valence-electron chi connectivity index (χ4n) is 12.1. The molecule has 6 fully saturated rings. The van der Waals surface area contributed by atoms with E-state index in [4.69, 9.17) is 0 Å². The van der Waals surface area contributed by atoms with Gasteiger partial charge in [-0.15, -0.1) is 0 Å². The Labute approximate surface area is 226 Å². The molecular formula is C35H53NO. The lowest BCUT2D eigenvalue weighted by molar-refractivity contribution is -0.0628. The zero-order valence-electron chi connectivity index (χ0n) is 24.2. The van der Waals surface area contributed by atoms with Gasteiger partial charge in [-0.05, 0) is 144 Å². The van der Waals surface area contributed by atoms with Crippen molar-refractivity contribution in [3.8, 4) is 0 Å². The summed E-state index contributed by atoms with van der Waals surface area (Å²) < 4.78 is 0. The molecule has 2 nitrogen and oxygen atoms in total. The molecule has 7 aliphatic rings. The van der Waals surface area contributed by atoms with Crippen molar-refractivity contribution in [3.63, 3.8) is 0 Å². The van der Waals surface area contributed by atoms with Crippen molar-refractivity contribution >= 4 is 0 Å². The Bertz CT molecular complexity index is 1030. The first kappa shape index (κ1) is 25.1. The average molecular weight is 504 g/mol.